The molecule has 0 aliphatic carbocycles. The van der Waals surface area contributed by atoms with Gasteiger partial charge < -0.3 is 10.1 Å². The molecule has 10 heteroatoms. The molecule has 0 spiro atoms. The number of hydrogen-bond acceptors (Lipinski definition) is 4. The smallest absolute Gasteiger partial charge is 0.418 e. The van der Waals surface area contributed by atoms with Crippen molar-refractivity contribution in [3.63, 3.8) is 0 Å². The Morgan fingerprint density at radius 2 is 1.77 bits per heavy atom. The number of para-hydroxylation sites is 1. The van der Waals surface area contributed by atoms with Crippen LogP contribution in [0.5, 0.6) is 5.75 Å². The van der Waals surface area contributed by atoms with Crippen LogP contribution >= 0.6 is 0 Å². The Labute approximate surface area is 179 Å². The fraction of sp³-hybridized carbons (Fsp3) is 0.381. The van der Waals surface area contributed by atoms with Crippen molar-refractivity contribution in [1.82, 2.24) is 4.31 Å². The number of methoxy groups -OCH3 is 1. The zero-order valence-electron chi connectivity index (χ0n) is 17.1. The van der Waals surface area contributed by atoms with Gasteiger partial charge in [0.2, 0.25) is 15.9 Å². The third-order valence-corrected chi connectivity index (χ3v) is 7.21. The van der Waals surface area contributed by atoms with Crippen molar-refractivity contribution >= 4 is 21.6 Å². The van der Waals surface area contributed by atoms with Crippen LogP contribution in [0, 0.1) is 12.8 Å². The molecule has 3 rings (SSSR count). The van der Waals surface area contributed by atoms with E-state index in [1.54, 1.807) is 13.0 Å². The van der Waals surface area contributed by atoms with Gasteiger partial charge in [-0.1, -0.05) is 12.1 Å². The van der Waals surface area contributed by atoms with E-state index in [1.165, 1.54) is 41.7 Å². The lowest BCUT2D eigenvalue weighted by atomic mass is 9.97. The van der Waals surface area contributed by atoms with Gasteiger partial charge in [-0.05, 0) is 55.7 Å². The van der Waals surface area contributed by atoms with E-state index in [-0.39, 0.29) is 36.5 Å². The summed E-state index contributed by atoms with van der Waals surface area (Å²) in [7, 11) is -2.25. The summed E-state index contributed by atoms with van der Waals surface area (Å²) in [5, 5.41) is 2.35. The highest BCUT2D eigenvalue weighted by molar-refractivity contribution is 7.89. The number of nitrogens with one attached hydrogen (secondary N) is 1. The summed E-state index contributed by atoms with van der Waals surface area (Å²) < 4.78 is 71.7. The molecular formula is C21H23F3N2O4S. The number of anilines is 1. The van der Waals surface area contributed by atoms with Gasteiger partial charge in [-0.25, -0.2) is 8.42 Å². The lowest BCUT2D eigenvalue weighted by Gasteiger charge is -2.30. The molecule has 31 heavy (non-hydrogen) atoms. The number of amides is 1. The number of aryl methyl sites for hydroxylation is 1. The Hall–Kier alpha value is -2.59. The minimum Gasteiger partial charge on any atom is -0.496 e. The largest absolute Gasteiger partial charge is 0.496 e. The van der Waals surface area contributed by atoms with Crippen LogP contribution in [0.1, 0.15) is 24.0 Å². The molecule has 0 bridgehead atoms. The number of halogens is 3. The van der Waals surface area contributed by atoms with E-state index in [2.05, 4.69) is 5.32 Å². The van der Waals surface area contributed by atoms with Crippen LogP contribution in [-0.2, 0) is 21.0 Å². The fourth-order valence-corrected chi connectivity index (χ4v) is 5.15. The van der Waals surface area contributed by atoms with E-state index in [4.69, 9.17) is 4.74 Å². The molecule has 0 aromatic heterocycles. The van der Waals surface area contributed by atoms with Crippen LogP contribution < -0.4 is 10.1 Å². The van der Waals surface area contributed by atoms with E-state index in [9.17, 15) is 26.4 Å². The van der Waals surface area contributed by atoms with E-state index in [0.29, 0.717) is 11.3 Å². The van der Waals surface area contributed by atoms with Crippen molar-refractivity contribution in [2.75, 3.05) is 25.5 Å². The Balaban J connectivity index is 1.67. The van der Waals surface area contributed by atoms with Crippen LogP contribution in [0.4, 0.5) is 18.9 Å². The van der Waals surface area contributed by atoms with Gasteiger partial charge in [-0.2, -0.15) is 17.5 Å². The highest BCUT2D eigenvalue weighted by Crippen LogP contribution is 2.35. The van der Waals surface area contributed by atoms with Gasteiger partial charge in [0.1, 0.15) is 5.75 Å². The fourth-order valence-electron chi connectivity index (χ4n) is 3.59. The molecule has 1 N–H and O–H groups in total. The SMILES string of the molecule is COc1ccc(S(=O)(=O)N2CCC(C(=O)Nc3ccccc3C(F)(F)F)CC2)cc1C. The molecule has 6 nitrogen and oxygen atoms in total. The van der Waals surface area contributed by atoms with Crippen molar-refractivity contribution in [2.24, 2.45) is 5.92 Å². The van der Waals surface area contributed by atoms with E-state index >= 15 is 0 Å². The zero-order valence-corrected chi connectivity index (χ0v) is 17.9. The maximum absolute atomic E-state index is 13.1. The quantitative estimate of drug-likeness (QED) is 0.736. The van der Waals surface area contributed by atoms with Crippen LogP contribution in [0.15, 0.2) is 47.4 Å². The number of benzene rings is 2. The molecule has 1 heterocycles. The normalized spacial score (nSPS) is 16.2. The average molecular weight is 456 g/mol. The van der Waals surface area contributed by atoms with Crippen molar-refractivity contribution in [2.45, 2.75) is 30.8 Å². The Kier molecular flexibility index (Phi) is 6.61. The number of nitrogens with zero attached hydrogens (tertiary/aromatic N) is 1. The Morgan fingerprint density at radius 1 is 1.13 bits per heavy atom. The van der Waals surface area contributed by atoms with Gasteiger partial charge in [0.05, 0.1) is 23.3 Å². The molecule has 1 fully saturated rings. The second-order valence-electron chi connectivity index (χ2n) is 7.34. The first-order valence-electron chi connectivity index (χ1n) is 9.66. The predicted octanol–water partition coefficient (Wildman–Crippen LogP) is 4.06. The minimum absolute atomic E-state index is 0.104. The van der Waals surface area contributed by atoms with Gasteiger partial charge in [-0.3, -0.25) is 4.79 Å². The summed E-state index contributed by atoms with van der Waals surface area (Å²) in [6, 6.07) is 9.35. The molecule has 0 saturated carbocycles. The van der Waals surface area contributed by atoms with E-state index in [0.717, 1.165) is 6.07 Å². The summed E-state index contributed by atoms with van der Waals surface area (Å²) in [5.41, 5.74) is -0.539. The second kappa shape index (κ2) is 8.88. The van der Waals surface area contributed by atoms with Crippen molar-refractivity contribution in [3.05, 3.63) is 53.6 Å². The molecule has 2 aromatic rings. The molecule has 0 atom stereocenters. The number of ether oxygens (including phenoxy) is 1. The number of piperidine rings is 1. The molecule has 1 aliphatic rings. The Morgan fingerprint density at radius 3 is 2.35 bits per heavy atom. The lowest BCUT2D eigenvalue weighted by Crippen LogP contribution is -2.41. The minimum atomic E-state index is -4.59. The molecule has 0 radical (unpaired) electrons. The highest BCUT2D eigenvalue weighted by atomic mass is 32.2. The predicted molar refractivity (Wildman–Crippen MR) is 109 cm³/mol. The van der Waals surface area contributed by atoms with Crippen LogP contribution in [0.3, 0.4) is 0 Å². The average Bonchev–Trinajstić information content (AvgIpc) is 2.73. The van der Waals surface area contributed by atoms with Gasteiger partial charge in [0, 0.05) is 19.0 Å². The molecule has 1 aliphatic heterocycles. The van der Waals surface area contributed by atoms with Gasteiger partial charge >= 0.3 is 6.18 Å². The maximum Gasteiger partial charge on any atom is 0.418 e. The Bertz CT molecular complexity index is 1060. The van der Waals surface area contributed by atoms with Crippen LogP contribution in [0.2, 0.25) is 0 Å². The summed E-state index contributed by atoms with van der Waals surface area (Å²) in [6.07, 6.45) is -4.15. The van der Waals surface area contributed by atoms with Crippen molar-refractivity contribution in [3.8, 4) is 5.75 Å². The lowest BCUT2D eigenvalue weighted by molar-refractivity contribution is -0.137. The summed E-state index contributed by atoms with van der Waals surface area (Å²) >= 11 is 0. The number of carbonyl (C=O) groups is 1. The zero-order chi connectivity index (χ0) is 22.8. The van der Waals surface area contributed by atoms with E-state index in [1.807, 2.05) is 0 Å². The highest BCUT2D eigenvalue weighted by Gasteiger charge is 2.35. The molecule has 168 valence electrons. The molecule has 2 aromatic carbocycles. The standard InChI is InChI=1S/C21H23F3N2O4S/c1-14-13-16(7-8-19(14)30-2)31(28,29)26-11-9-15(10-12-26)20(27)25-18-6-4-3-5-17(18)21(22,23)24/h3-8,13,15H,9-12H2,1-2H3,(H,25,27). The first-order chi connectivity index (χ1) is 14.5. The van der Waals surface area contributed by atoms with Crippen molar-refractivity contribution < 1.29 is 31.1 Å². The first kappa shape index (κ1) is 23.1. The summed E-state index contributed by atoms with van der Waals surface area (Å²) in [6.45, 7) is 1.95. The number of hydrogen-bond donors (Lipinski definition) is 1. The number of rotatable bonds is 5. The second-order valence-corrected chi connectivity index (χ2v) is 9.28. The first-order valence-corrected chi connectivity index (χ1v) is 11.1. The van der Waals surface area contributed by atoms with E-state index < -0.39 is 33.6 Å². The van der Waals surface area contributed by atoms with Gasteiger partial charge in [-0.15, -0.1) is 0 Å². The topological polar surface area (TPSA) is 75.7 Å². The number of alkyl halides is 3. The third-order valence-electron chi connectivity index (χ3n) is 5.32. The number of sulfonamides is 1. The number of carbonyl (C=O) groups excluding carboxylic acids is 1. The van der Waals surface area contributed by atoms with Crippen LogP contribution in [0.25, 0.3) is 0 Å². The van der Waals surface area contributed by atoms with Gasteiger partial charge in [0.25, 0.3) is 0 Å². The monoisotopic (exact) mass is 456 g/mol. The maximum atomic E-state index is 13.1. The summed E-state index contributed by atoms with van der Waals surface area (Å²) in [4.78, 5) is 12.7. The van der Waals surface area contributed by atoms with Gasteiger partial charge in [0.15, 0.2) is 0 Å². The third kappa shape index (κ3) is 5.01. The van der Waals surface area contributed by atoms with Crippen molar-refractivity contribution in [1.29, 1.82) is 0 Å². The van der Waals surface area contributed by atoms with Crippen LogP contribution in [-0.4, -0.2) is 38.8 Å². The molecule has 1 amide bonds. The molecule has 0 unspecified atom stereocenters. The molecular weight excluding hydrogens is 433 g/mol. The summed E-state index contributed by atoms with van der Waals surface area (Å²) in [5.74, 6) is -0.548. The molecule has 1 saturated heterocycles.